The zero-order valence-corrected chi connectivity index (χ0v) is 8.96. The predicted octanol–water partition coefficient (Wildman–Crippen LogP) is 2.81. The molecule has 0 amide bonds. The van der Waals surface area contributed by atoms with E-state index in [1.807, 2.05) is 0 Å². The van der Waals surface area contributed by atoms with Gasteiger partial charge in [0.1, 0.15) is 0 Å². The molecule has 0 unspecified atom stereocenters. The summed E-state index contributed by atoms with van der Waals surface area (Å²) in [4.78, 5) is 3.06. The Morgan fingerprint density at radius 2 is 1.58 bits per heavy atom. The Kier molecular flexibility index (Phi) is 3.03. The van der Waals surface area contributed by atoms with Crippen molar-refractivity contribution in [3.8, 4) is 11.4 Å². The number of rotatable bonds is 2. The Balaban J connectivity index is 2.31. The summed E-state index contributed by atoms with van der Waals surface area (Å²) in [6.07, 6.45) is -4.79. The molecule has 1 aromatic carbocycles. The molecular formula is C9H4BF6N2O-. The molecule has 0 aliphatic rings. The summed E-state index contributed by atoms with van der Waals surface area (Å²) in [5, 5.41) is 3.06. The molecule has 0 saturated carbocycles. The van der Waals surface area contributed by atoms with Crippen LogP contribution in [0.5, 0.6) is 0 Å². The Bertz CT molecular complexity index is 574. The molecule has 10 heteroatoms. The first-order valence-electron chi connectivity index (χ1n) is 4.89. The summed E-state index contributed by atoms with van der Waals surface area (Å²) in [5.74, 6) is -1.97. The van der Waals surface area contributed by atoms with E-state index in [-0.39, 0.29) is 5.56 Å². The molecule has 0 N–H and O–H groups in total. The third kappa shape index (κ3) is 2.88. The number of aromatic nitrogens is 2. The van der Waals surface area contributed by atoms with Crippen molar-refractivity contribution in [2.75, 3.05) is 0 Å². The Hall–Kier alpha value is -2.00. The van der Waals surface area contributed by atoms with Crippen LogP contribution in [0.15, 0.2) is 28.8 Å². The van der Waals surface area contributed by atoms with Gasteiger partial charge in [-0.3, -0.25) is 0 Å². The smallest absolute Gasteiger partial charge is 0.445 e. The van der Waals surface area contributed by atoms with Crippen LogP contribution in [0, 0.1) is 0 Å². The summed E-state index contributed by atoms with van der Waals surface area (Å²) in [5.41, 5.74) is -0.855. The van der Waals surface area contributed by atoms with Gasteiger partial charge in [-0.25, -0.2) is 0 Å². The van der Waals surface area contributed by atoms with Crippen molar-refractivity contribution in [1.82, 2.24) is 10.1 Å². The number of hydrogen-bond acceptors (Lipinski definition) is 3. The van der Waals surface area contributed by atoms with Crippen molar-refractivity contribution in [2.24, 2.45) is 0 Å². The second-order valence-corrected chi connectivity index (χ2v) is 3.62. The average Bonchev–Trinajstić information content (AvgIpc) is 2.77. The summed E-state index contributed by atoms with van der Waals surface area (Å²) < 4.78 is 77.6. The second-order valence-electron chi connectivity index (χ2n) is 3.62. The molecule has 1 aromatic heterocycles. The van der Waals surface area contributed by atoms with Crippen LogP contribution in [0.2, 0.25) is 0 Å². The monoisotopic (exact) mass is 281 g/mol. The second kappa shape index (κ2) is 4.28. The molecule has 102 valence electrons. The highest BCUT2D eigenvalue weighted by molar-refractivity contribution is 6.73. The lowest BCUT2D eigenvalue weighted by molar-refractivity contribution is -0.159. The van der Waals surface area contributed by atoms with Gasteiger partial charge in [0.05, 0.1) is 0 Å². The van der Waals surface area contributed by atoms with E-state index in [1.54, 1.807) is 0 Å². The van der Waals surface area contributed by atoms with Crippen LogP contribution in [0.4, 0.5) is 26.1 Å². The first-order chi connectivity index (χ1) is 8.68. The topological polar surface area (TPSA) is 38.9 Å². The van der Waals surface area contributed by atoms with Gasteiger partial charge in [-0.15, -0.1) is 5.46 Å². The summed E-state index contributed by atoms with van der Waals surface area (Å²) in [6, 6.07) is 3.46. The van der Waals surface area contributed by atoms with Gasteiger partial charge in [0.25, 0.3) is 0 Å². The molecule has 2 rings (SSSR count). The first-order valence-corrected chi connectivity index (χ1v) is 4.89. The van der Waals surface area contributed by atoms with Gasteiger partial charge in [-0.05, 0) is 0 Å². The summed E-state index contributed by atoms with van der Waals surface area (Å²) >= 11 is 0. The van der Waals surface area contributed by atoms with Crippen molar-refractivity contribution in [2.45, 2.75) is 6.18 Å². The Morgan fingerprint density at radius 3 is 2.00 bits per heavy atom. The highest BCUT2D eigenvalue weighted by atomic mass is 19.4. The van der Waals surface area contributed by atoms with E-state index in [0.29, 0.717) is 0 Å². The van der Waals surface area contributed by atoms with Gasteiger partial charge >= 0.3 is 19.0 Å². The lowest BCUT2D eigenvalue weighted by Crippen LogP contribution is -2.33. The van der Waals surface area contributed by atoms with E-state index >= 15 is 0 Å². The van der Waals surface area contributed by atoms with Crippen molar-refractivity contribution in [3.63, 3.8) is 0 Å². The van der Waals surface area contributed by atoms with E-state index in [2.05, 4.69) is 14.7 Å². The zero-order chi connectivity index (χ0) is 14.3. The highest BCUT2D eigenvalue weighted by Gasteiger charge is 2.38. The standard InChI is InChI=1S/C9H4BF6N2O/c11-9(12,13)8-17-7(18-19-8)5-1-3-6(4-2-5)10(14,15)16/h1-4H/q-1. The third-order valence-electron chi connectivity index (χ3n) is 2.22. The Morgan fingerprint density at radius 1 is 1.00 bits per heavy atom. The van der Waals surface area contributed by atoms with Crippen LogP contribution in [0.1, 0.15) is 5.89 Å². The SMILES string of the molecule is F[B-](F)(F)c1ccc(-c2noc(C(F)(F)F)n2)cc1. The third-order valence-corrected chi connectivity index (χ3v) is 2.22. The van der Waals surface area contributed by atoms with Crippen LogP contribution in [0.3, 0.4) is 0 Å². The molecular weight excluding hydrogens is 277 g/mol. The van der Waals surface area contributed by atoms with Crippen LogP contribution in [-0.4, -0.2) is 17.1 Å². The van der Waals surface area contributed by atoms with Gasteiger partial charge in [-0.2, -0.15) is 18.2 Å². The number of alkyl halides is 3. The molecule has 0 aliphatic carbocycles. The molecule has 3 nitrogen and oxygen atoms in total. The summed E-state index contributed by atoms with van der Waals surface area (Å²) in [6.45, 7) is -5.15. The fourth-order valence-corrected chi connectivity index (χ4v) is 1.31. The fourth-order valence-electron chi connectivity index (χ4n) is 1.31. The van der Waals surface area contributed by atoms with E-state index in [4.69, 9.17) is 0 Å². The van der Waals surface area contributed by atoms with Gasteiger partial charge in [0.2, 0.25) is 5.82 Å². The first kappa shape index (κ1) is 13.4. The lowest BCUT2D eigenvalue weighted by Gasteiger charge is -2.14. The molecule has 0 spiro atoms. The molecule has 0 radical (unpaired) electrons. The normalized spacial score (nSPS) is 12.7. The minimum Gasteiger partial charge on any atom is -0.445 e. The van der Waals surface area contributed by atoms with Crippen LogP contribution >= 0.6 is 0 Å². The van der Waals surface area contributed by atoms with Crippen molar-refractivity contribution in [1.29, 1.82) is 0 Å². The van der Waals surface area contributed by atoms with E-state index in [9.17, 15) is 26.1 Å². The molecule has 0 saturated heterocycles. The van der Waals surface area contributed by atoms with Crippen molar-refractivity contribution >= 4 is 12.4 Å². The molecule has 0 fully saturated rings. The maximum Gasteiger partial charge on any atom is 0.509 e. The van der Waals surface area contributed by atoms with Crippen LogP contribution < -0.4 is 5.46 Å². The number of hydrogen-bond donors (Lipinski definition) is 0. The molecule has 1 heterocycles. The minimum atomic E-state index is -5.15. The van der Waals surface area contributed by atoms with E-state index in [1.165, 1.54) is 0 Å². The molecule has 2 aromatic rings. The van der Waals surface area contributed by atoms with E-state index in [0.717, 1.165) is 24.3 Å². The molecule has 0 atom stereocenters. The predicted molar refractivity (Wildman–Crippen MR) is 53.4 cm³/mol. The minimum absolute atomic E-state index is 0.00282. The number of halogens is 6. The maximum atomic E-state index is 12.3. The largest absolute Gasteiger partial charge is 0.509 e. The zero-order valence-electron chi connectivity index (χ0n) is 8.96. The van der Waals surface area contributed by atoms with Crippen molar-refractivity contribution < 1.29 is 30.6 Å². The van der Waals surface area contributed by atoms with Crippen molar-refractivity contribution in [3.05, 3.63) is 30.2 Å². The van der Waals surface area contributed by atoms with Gasteiger partial charge in [-0.1, -0.05) is 29.4 Å². The average molecular weight is 281 g/mol. The lowest BCUT2D eigenvalue weighted by atomic mass is 9.80. The van der Waals surface area contributed by atoms with Crippen LogP contribution in [0.25, 0.3) is 11.4 Å². The van der Waals surface area contributed by atoms with Gasteiger partial charge < -0.3 is 17.5 Å². The van der Waals surface area contributed by atoms with Gasteiger partial charge in [0.15, 0.2) is 0 Å². The van der Waals surface area contributed by atoms with E-state index < -0.39 is 30.3 Å². The van der Waals surface area contributed by atoms with Crippen LogP contribution in [-0.2, 0) is 6.18 Å². The molecule has 19 heavy (non-hydrogen) atoms. The molecule has 0 bridgehead atoms. The number of benzene rings is 1. The highest BCUT2D eigenvalue weighted by Crippen LogP contribution is 2.29. The number of nitrogens with zero attached hydrogens (tertiary/aromatic N) is 2. The maximum absolute atomic E-state index is 12.3. The quantitative estimate of drug-likeness (QED) is 0.627. The fraction of sp³-hybridized carbons (Fsp3) is 0.111. The Labute approximate surface area is 102 Å². The summed E-state index contributed by atoms with van der Waals surface area (Å²) in [7, 11) is 0. The molecule has 0 aliphatic heterocycles. The van der Waals surface area contributed by atoms with Gasteiger partial charge in [0, 0.05) is 5.56 Å².